The molecule has 0 spiro atoms. The van der Waals surface area contributed by atoms with E-state index in [1.165, 1.54) is 21.2 Å². The predicted molar refractivity (Wildman–Crippen MR) is 84.9 cm³/mol. The van der Waals surface area contributed by atoms with Crippen molar-refractivity contribution in [2.45, 2.75) is 31.3 Å². The van der Waals surface area contributed by atoms with Crippen LogP contribution < -0.4 is 0 Å². The van der Waals surface area contributed by atoms with E-state index >= 15 is 0 Å². The molecule has 1 heterocycles. The van der Waals surface area contributed by atoms with Gasteiger partial charge in [-0.05, 0) is 37.4 Å². The molecule has 0 bridgehead atoms. The van der Waals surface area contributed by atoms with E-state index in [0.717, 1.165) is 19.5 Å². The van der Waals surface area contributed by atoms with Gasteiger partial charge in [0.2, 0.25) is 0 Å². The van der Waals surface area contributed by atoms with Gasteiger partial charge in [-0.2, -0.15) is 0 Å². The van der Waals surface area contributed by atoms with Crippen LogP contribution in [0.15, 0.2) is 34.5 Å². The lowest BCUT2D eigenvalue weighted by Crippen LogP contribution is -2.17. The Labute approximate surface area is 123 Å². The van der Waals surface area contributed by atoms with Crippen LogP contribution in [0.1, 0.15) is 23.2 Å². The number of thiazole rings is 1. The Morgan fingerprint density at radius 2 is 1.95 bits per heavy atom. The van der Waals surface area contributed by atoms with Crippen molar-refractivity contribution < 1.29 is 0 Å². The molecule has 0 saturated carbocycles. The van der Waals surface area contributed by atoms with E-state index in [4.69, 9.17) is 0 Å². The normalized spacial score (nSPS) is 11.2. The number of nitrogens with zero attached hydrogens (tertiary/aromatic N) is 2. The number of thioether (sulfide) groups is 1. The summed E-state index contributed by atoms with van der Waals surface area (Å²) in [5, 5.41) is 3.40. The van der Waals surface area contributed by atoms with Gasteiger partial charge >= 0.3 is 0 Å². The lowest BCUT2D eigenvalue weighted by Gasteiger charge is -2.15. The lowest BCUT2D eigenvalue weighted by molar-refractivity contribution is 0.315. The van der Waals surface area contributed by atoms with Gasteiger partial charge in [0.25, 0.3) is 0 Å². The van der Waals surface area contributed by atoms with E-state index < -0.39 is 0 Å². The third kappa shape index (κ3) is 4.34. The summed E-state index contributed by atoms with van der Waals surface area (Å²) >= 11 is 3.54. The molecule has 19 heavy (non-hydrogen) atoms. The first kappa shape index (κ1) is 14.6. The molecule has 0 unspecified atom stereocenters. The maximum absolute atomic E-state index is 4.61. The van der Waals surface area contributed by atoms with Crippen LogP contribution in [-0.2, 0) is 19.5 Å². The zero-order chi connectivity index (χ0) is 13.7. The molecule has 0 amide bonds. The third-order valence-corrected chi connectivity index (χ3v) is 4.73. The molecular weight excluding hydrogens is 272 g/mol. The van der Waals surface area contributed by atoms with E-state index in [1.807, 2.05) is 0 Å². The number of hydrogen-bond donors (Lipinski definition) is 0. The van der Waals surface area contributed by atoms with Gasteiger partial charge in [-0.3, -0.25) is 4.90 Å². The van der Waals surface area contributed by atoms with E-state index in [1.54, 1.807) is 23.1 Å². The van der Waals surface area contributed by atoms with Gasteiger partial charge in [0.05, 0.1) is 10.7 Å². The first-order chi connectivity index (χ1) is 9.21. The SMILES string of the molecule is CCc1nc(CN(C)Cc2ccc(SC)cc2)cs1. The van der Waals surface area contributed by atoms with Crippen molar-refractivity contribution in [1.29, 1.82) is 0 Å². The van der Waals surface area contributed by atoms with Crippen LogP contribution in [0.2, 0.25) is 0 Å². The monoisotopic (exact) mass is 292 g/mol. The van der Waals surface area contributed by atoms with Crippen LogP contribution in [0.3, 0.4) is 0 Å². The first-order valence-electron chi connectivity index (χ1n) is 6.46. The minimum atomic E-state index is 0.917. The number of aryl methyl sites for hydroxylation is 1. The third-order valence-electron chi connectivity index (χ3n) is 2.95. The second-order valence-corrected chi connectivity index (χ2v) is 6.43. The standard InChI is InChI=1S/C15H20N2S2/c1-4-15-16-13(11-19-15)10-17(2)9-12-5-7-14(18-3)8-6-12/h5-8,11H,4,9-10H2,1-3H3. The van der Waals surface area contributed by atoms with E-state index in [-0.39, 0.29) is 0 Å². The maximum atomic E-state index is 4.61. The highest BCUT2D eigenvalue weighted by Crippen LogP contribution is 2.17. The van der Waals surface area contributed by atoms with Gasteiger partial charge in [-0.15, -0.1) is 23.1 Å². The predicted octanol–water partition coefficient (Wildman–Crippen LogP) is 4.06. The van der Waals surface area contributed by atoms with Crippen molar-refractivity contribution in [2.75, 3.05) is 13.3 Å². The molecule has 1 aromatic carbocycles. The van der Waals surface area contributed by atoms with Crippen molar-refractivity contribution in [3.63, 3.8) is 0 Å². The zero-order valence-corrected chi connectivity index (χ0v) is 13.4. The highest BCUT2D eigenvalue weighted by atomic mass is 32.2. The number of hydrogen-bond acceptors (Lipinski definition) is 4. The number of benzene rings is 1. The minimum absolute atomic E-state index is 0.917. The van der Waals surface area contributed by atoms with Crippen LogP contribution in [0.5, 0.6) is 0 Å². The van der Waals surface area contributed by atoms with Crippen LogP contribution in [0, 0.1) is 0 Å². The molecule has 0 fully saturated rings. The van der Waals surface area contributed by atoms with Crippen LogP contribution in [0.25, 0.3) is 0 Å². The molecule has 0 N–H and O–H groups in total. The van der Waals surface area contributed by atoms with Gasteiger partial charge < -0.3 is 0 Å². The lowest BCUT2D eigenvalue weighted by atomic mass is 10.2. The van der Waals surface area contributed by atoms with Gasteiger partial charge in [-0.1, -0.05) is 19.1 Å². The van der Waals surface area contributed by atoms with Crippen LogP contribution in [0.4, 0.5) is 0 Å². The molecule has 1 aromatic heterocycles. The average Bonchev–Trinajstić information content (AvgIpc) is 2.87. The second kappa shape index (κ2) is 7.08. The summed E-state index contributed by atoms with van der Waals surface area (Å²) in [6, 6.07) is 8.79. The fourth-order valence-corrected chi connectivity index (χ4v) is 3.10. The summed E-state index contributed by atoms with van der Waals surface area (Å²) in [6.07, 6.45) is 3.14. The molecule has 2 rings (SSSR count). The average molecular weight is 292 g/mol. The molecule has 0 aliphatic heterocycles. The van der Waals surface area contributed by atoms with Crippen LogP contribution in [-0.4, -0.2) is 23.2 Å². The number of rotatable bonds is 6. The summed E-state index contributed by atoms with van der Waals surface area (Å²) in [7, 11) is 2.15. The molecule has 102 valence electrons. The Hall–Kier alpha value is -0.840. The summed E-state index contributed by atoms with van der Waals surface area (Å²) in [6.45, 7) is 4.04. The topological polar surface area (TPSA) is 16.1 Å². The highest BCUT2D eigenvalue weighted by molar-refractivity contribution is 7.98. The van der Waals surface area contributed by atoms with Crippen molar-refractivity contribution in [3.8, 4) is 0 Å². The quantitative estimate of drug-likeness (QED) is 0.747. The Kier molecular flexibility index (Phi) is 5.43. The Bertz CT molecular complexity index is 505. The fourth-order valence-electron chi connectivity index (χ4n) is 1.96. The van der Waals surface area contributed by atoms with Crippen molar-refractivity contribution in [3.05, 3.63) is 45.9 Å². The Balaban J connectivity index is 1.90. The molecule has 2 nitrogen and oxygen atoms in total. The largest absolute Gasteiger partial charge is 0.296 e. The van der Waals surface area contributed by atoms with Gasteiger partial charge in [-0.25, -0.2) is 4.98 Å². The molecule has 0 saturated heterocycles. The summed E-state index contributed by atoms with van der Waals surface area (Å²) < 4.78 is 0. The van der Waals surface area contributed by atoms with Crippen molar-refractivity contribution in [1.82, 2.24) is 9.88 Å². The fraction of sp³-hybridized carbons (Fsp3) is 0.400. The van der Waals surface area contributed by atoms with E-state index in [0.29, 0.717) is 0 Å². The molecule has 2 aromatic rings. The zero-order valence-electron chi connectivity index (χ0n) is 11.7. The summed E-state index contributed by atoms with van der Waals surface area (Å²) in [5.74, 6) is 0. The molecule has 0 radical (unpaired) electrons. The summed E-state index contributed by atoms with van der Waals surface area (Å²) in [5.41, 5.74) is 2.54. The second-order valence-electron chi connectivity index (χ2n) is 4.61. The van der Waals surface area contributed by atoms with E-state index in [2.05, 4.69) is 59.8 Å². The molecule has 4 heteroatoms. The molecular formula is C15H20N2S2. The smallest absolute Gasteiger partial charge is 0.0926 e. The number of aromatic nitrogens is 1. The molecule has 0 atom stereocenters. The van der Waals surface area contributed by atoms with Crippen molar-refractivity contribution in [2.24, 2.45) is 0 Å². The van der Waals surface area contributed by atoms with Crippen molar-refractivity contribution >= 4 is 23.1 Å². The highest BCUT2D eigenvalue weighted by Gasteiger charge is 2.05. The van der Waals surface area contributed by atoms with Crippen LogP contribution >= 0.6 is 23.1 Å². The molecule has 0 aliphatic rings. The maximum Gasteiger partial charge on any atom is 0.0926 e. The molecule has 0 aliphatic carbocycles. The van der Waals surface area contributed by atoms with Gasteiger partial charge in [0.1, 0.15) is 0 Å². The van der Waals surface area contributed by atoms with Gasteiger partial charge in [0.15, 0.2) is 0 Å². The minimum Gasteiger partial charge on any atom is -0.296 e. The Morgan fingerprint density at radius 3 is 2.53 bits per heavy atom. The first-order valence-corrected chi connectivity index (χ1v) is 8.56. The Morgan fingerprint density at radius 1 is 1.21 bits per heavy atom. The summed E-state index contributed by atoms with van der Waals surface area (Å²) in [4.78, 5) is 8.24. The van der Waals surface area contributed by atoms with Gasteiger partial charge in [0, 0.05) is 23.4 Å². The van der Waals surface area contributed by atoms with E-state index in [9.17, 15) is 0 Å².